The molecule has 1 amide bonds. The smallest absolute Gasteiger partial charge is 0.274 e. The molecule has 3 heterocycles. The lowest BCUT2D eigenvalue weighted by Gasteiger charge is -2.12. The van der Waals surface area contributed by atoms with Crippen LogP contribution >= 0.6 is 0 Å². The fourth-order valence-corrected chi connectivity index (χ4v) is 3.00. The van der Waals surface area contributed by atoms with Crippen molar-refractivity contribution in [2.24, 2.45) is 0 Å². The Balaban J connectivity index is 1.63. The van der Waals surface area contributed by atoms with E-state index in [2.05, 4.69) is 26.0 Å². The average Bonchev–Trinajstić information content (AvgIpc) is 3.46. The van der Waals surface area contributed by atoms with Gasteiger partial charge in [-0.1, -0.05) is 0 Å². The molecule has 1 fully saturated rings. The SMILES string of the molecule is CNC(=O)c1cnn2c(NC)cc(Nc3cccn(CCOC4CC4)c3=O)nc12. The first-order chi connectivity index (χ1) is 14.1. The minimum atomic E-state index is -0.288. The Kier molecular flexibility index (Phi) is 5.17. The Morgan fingerprint density at radius 3 is 2.90 bits per heavy atom. The molecule has 29 heavy (non-hydrogen) atoms. The summed E-state index contributed by atoms with van der Waals surface area (Å²) in [6.45, 7) is 0.996. The first-order valence-electron chi connectivity index (χ1n) is 9.47. The lowest BCUT2D eigenvalue weighted by molar-refractivity contribution is 0.0964. The summed E-state index contributed by atoms with van der Waals surface area (Å²) in [7, 11) is 3.29. The number of pyridine rings is 1. The summed E-state index contributed by atoms with van der Waals surface area (Å²) in [4.78, 5) is 29.4. The van der Waals surface area contributed by atoms with E-state index in [1.807, 2.05) is 0 Å². The van der Waals surface area contributed by atoms with Crippen LogP contribution in [0.25, 0.3) is 5.65 Å². The number of ether oxygens (including phenoxy) is 1. The third kappa shape index (κ3) is 3.92. The molecule has 3 aromatic heterocycles. The van der Waals surface area contributed by atoms with Crippen molar-refractivity contribution in [3.05, 3.63) is 46.5 Å². The number of aromatic nitrogens is 4. The Morgan fingerprint density at radius 1 is 1.34 bits per heavy atom. The summed E-state index contributed by atoms with van der Waals surface area (Å²) < 4.78 is 8.78. The van der Waals surface area contributed by atoms with Crippen molar-refractivity contribution >= 4 is 28.9 Å². The van der Waals surface area contributed by atoms with E-state index in [9.17, 15) is 9.59 Å². The lowest BCUT2D eigenvalue weighted by atomic mass is 10.3. The highest BCUT2D eigenvalue weighted by Gasteiger charge is 2.21. The Morgan fingerprint density at radius 2 is 2.17 bits per heavy atom. The third-order valence-corrected chi connectivity index (χ3v) is 4.69. The maximum absolute atomic E-state index is 12.8. The van der Waals surface area contributed by atoms with Crippen LogP contribution in [0.5, 0.6) is 0 Å². The van der Waals surface area contributed by atoms with Crippen molar-refractivity contribution in [3.63, 3.8) is 0 Å². The fraction of sp³-hybridized carbons (Fsp3) is 0.368. The van der Waals surface area contributed by atoms with Gasteiger partial charge < -0.3 is 25.3 Å². The second-order valence-electron chi connectivity index (χ2n) is 6.76. The molecule has 152 valence electrons. The zero-order chi connectivity index (χ0) is 20.4. The van der Waals surface area contributed by atoms with Crippen LogP contribution in [0, 0.1) is 0 Å². The normalized spacial score (nSPS) is 13.4. The Bertz CT molecular complexity index is 1100. The molecule has 3 aromatic rings. The molecule has 0 bridgehead atoms. The van der Waals surface area contributed by atoms with E-state index in [-0.39, 0.29) is 11.5 Å². The number of anilines is 3. The van der Waals surface area contributed by atoms with E-state index in [1.165, 1.54) is 10.7 Å². The minimum absolute atomic E-state index is 0.167. The van der Waals surface area contributed by atoms with Crippen LogP contribution in [0.2, 0.25) is 0 Å². The van der Waals surface area contributed by atoms with Crippen LogP contribution in [0.3, 0.4) is 0 Å². The van der Waals surface area contributed by atoms with Crippen LogP contribution in [0.15, 0.2) is 35.4 Å². The first-order valence-corrected chi connectivity index (χ1v) is 9.47. The summed E-state index contributed by atoms with van der Waals surface area (Å²) in [5.74, 6) is 0.766. The van der Waals surface area contributed by atoms with E-state index in [4.69, 9.17) is 4.74 Å². The molecule has 1 saturated carbocycles. The van der Waals surface area contributed by atoms with Gasteiger partial charge in [0.05, 0.1) is 18.9 Å². The van der Waals surface area contributed by atoms with E-state index in [1.54, 1.807) is 43.1 Å². The number of rotatable bonds is 8. The third-order valence-electron chi connectivity index (χ3n) is 4.69. The average molecular weight is 397 g/mol. The zero-order valence-electron chi connectivity index (χ0n) is 16.3. The molecule has 10 nitrogen and oxygen atoms in total. The molecule has 0 unspecified atom stereocenters. The Labute approximate surface area is 166 Å². The van der Waals surface area contributed by atoms with Crippen LogP contribution in [0.4, 0.5) is 17.3 Å². The summed E-state index contributed by atoms with van der Waals surface area (Å²) >= 11 is 0. The van der Waals surface area contributed by atoms with Crippen molar-refractivity contribution in [2.45, 2.75) is 25.5 Å². The van der Waals surface area contributed by atoms with Gasteiger partial charge in [0.15, 0.2) is 5.65 Å². The molecule has 0 saturated heterocycles. The molecule has 0 atom stereocenters. The van der Waals surface area contributed by atoms with E-state index in [0.717, 1.165) is 12.8 Å². The van der Waals surface area contributed by atoms with Gasteiger partial charge in [0.25, 0.3) is 11.5 Å². The number of hydrogen-bond donors (Lipinski definition) is 3. The number of hydrogen-bond acceptors (Lipinski definition) is 7. The number of nitrogens with one attached hydrogen (secondary N) is 3. The second kappa shape index (κ2) is 7.92. The van der Waals surface area contributed by atoms with Gasteiger partial charge in [-0.3, -0.25) is 9.59 Å². The van der Waals surface area contributed by atoms with E-state index >= 15 is 0 Å². The molecule has 4 rings (SSSR count). The van der Waals surface area contributed by atoms with Gasteiger partial charge in [-0.15, -0.1) is 0 Å². The highest BCUT2D eigenvalue weighted by atomic mass is 16.5. The van der Waals surface area contributed by atoms with Crippen molar-refractivity contribution in [3.8, 4) is 0 Å². The molecule has 0 aromatic carbocycles. The molecular weight excluding hydrogens is 374 g/mol. The summed E-state index contributed by atoms with van der Waals surface area (Å²) in [6.07, 6.45) is 5.75. The van der Waals surface area contributed by atoms with Crippen LogP contribution in [0.1, 0.15) is 23.2 Å². The quantitative estimate of drug-likeness (QED) is 0.523. The van der Waals surface area contributed by atoms with E-state index < -0.39 is 0 Å². The van der Waals surface area contributed by atoms with Gasteiger partial charge in [0, 0.05) is 32.9 Å². The van der Waals surface area contributed by atoms with Crippen LogP contribution in [-0.4, -0.2) is 51.9 Å². The van der Waals surface area contributed by atoms with Gasteiger partial charge in [-0.25, -0.2) is 4.98 Å². The second-order valence-corrected chi connectivity index (χ2v) is 6.76. The molecule has 0 aliphatic heterocycles. The number of carbonyl (C=O) groups is 1. The monoisotopic (exact) mass is 397 g/mol. The molecule has 0 radical (unpaired) electrons. The van der Waals surface area contributed by atoms with Crippen LogP contribution < -0.4 is 21.5 Å². The van der Waals surface area contributed by atoms with Crippen LogP contribution in [-0.2, 0) is 11.3 Å². The zero-order valence-corrected chi connectivity index (χ0v) is 16.3. The number of nitrogens with zero attached hydrogens (tertiary/aromatic N) is 4. The molecule has 0 spiro atoms. The number of amides is 1. The van der Waals surface area contributed by atoms with Gasteiger partial charge >= 0.3 is 0 Å². The predicted octanol–water partition coefficient (Wildman–Crippen LogP) is 1.21. The number of carbonyl (C=O) groups excluding carboxylic acids is 1. The fourth-order valence-electron chi connectivity index (χ4n) is 3.00. The summed E-state index contributed by atoms with van der Waals surface area (Å²) in [5.41, 5.74) is 0.946. The minimum Gasteiger partial charge on any atom is -0.376 e. The molecule has 1 aliphatic rings. The maximum atomic E-state index is 12.8. The maximum Gasteiger partial charge on any atom is 0.274 e. The predicted molar refractivity (Wildman–Crippen MR) is 109 cm³/mol. The highest BCUT2D eigenvalue weighted by molar-refractivity contribution is 5.99. The van der Waals surface area contributed by atoms with Gasteiger partial charge in [0.2, 0.25) is 0 Å². The van der Waals surface area contributed by atoms with Crippen molar-refractivity contribution < 1.29 is 9.53 Å². The van der Waals surface area contributed by atoms with Gasteiger partial charge in [-0.2, -0.15) is 9.61 Å². The summed E-state index contributed by atoms with van der Waals surface area (Å²) in [6, 6.07) is 5.22. The lowest BCUT2D eigenvalue weighted by Crippen LogP contribution is -2.24. The number of fused-ring (bicyclic) bond motifs is 1. The van der Waals surface area contributed by atoms with Gasteiger partial charge in [0.1, 0.15) is 22.9 Å². The molecule has 3 N–H and O–H groups in total. The van der Waals surface area contributed by atoms with Crippen molar-refractivity contribution in [2.75, 3.05) is 31.3 Å². The molecular formula is C19H23N7O3. The summed E-state index contributed by atoms with van der Waals surface area (Å²) in [5, 5.41) is 12.9. The first kappa shape index (κ1) is 18.9. The standard InChI is InChI=1S/C19H23N7O3/c1-20-16-10-15(24-17-13(18(27)21-2)11-22-26(16)17)23-14-4-3-7-25(19(14)28)8-9-29-12-5-6-12/h3-4,7,10-12,20H,5-6,8-9H2,1-2H3,(H,21,27)(H,23,24). The van der Waals surface area contributed by atoms with Gasteiger partial charge in [-0.05, 0) is 25.0 Å². The topological polar surface area (TPSA) is 115 Å². The highest BCUT2D eigenvalue weighted by Crippen LogP contribution is 2.23. The Hall–Kier alpha value is -3.40. The largest absolute Gasteiger partial charge is 0.376 e. The van der Waals surface area contributed by atoms with Crippen molar-refractivity contribution in [1.29, 1.82) is 0 Å². The van der Waals surface area contributed by atoms with Crippen molar-refractivity contribution in [1.82, 2.24) is 24.5 Å². The molecule has 10 heteroatoms. The molecule has 1 aliphatic carbocycles. The van der Waals surface area contributed by atoms with E-state index in [0.29, 0.717) is 47.8 Å².